The van der Waals surface area contributed by atoms with Gasteiger partial charge in [0.15, 0.2) is 0 Å². The summed E-state index contributed by atoms with van der Waals surface area (Å²) in [5, 5.41) is 18.3. The van der Waals surface area contributed by atoms with Crippen LogP contribution >= 0.6 is 17.0 Å². The molecular weight excluding hydrogens is 302 g/mol. The maximum Gasteiger partial charge on any atom is 0.321 e. The fourth-order valence-electron chi connectivity index (χ4n) is 2.08. The molecule has 0 unspecified atom stereocenters. The molecule has 0 aromatic rings. The van der Waals surface area contributed by atoms with E-state index in [9.17, 15) is 14.7 Å². The number of nitrogens with zero attached hydrogens (tertiary/aromatic N) is 1. The molecule has 0 aliphatic rings. The van der Waals surface area contributed by atoms with Gasteiger partial charge in [-0.15, -0.1) is 17.0 Å². The Kier molecular flexibility index (Phi) is 11.3. The van der Waals surface area contributed by atoms with E-state index in [0.29, 0.717) is 19.5 Å². The van der Waals surface area contributed by atoms with E-state index >= 15 is 0 Å². The first-order valence-electron chi connectivity index (χ1n) is 6.19. The van der Waals surface area contributed by atoms with Crippen molar-refractivity contribution in [2.45, 2.75) is 46.1 Å². The molecule has 2 atom stereocenters. The number of carboxylic acid groups (broad SMARTS) is 2. The highest BCUT2D eigenvalue weighted by Crippen LogP contribution is 2.17. The van der Waals surface area contributed by atoms with Gasteiger partial charge < -0.3 is 10.2 Å². The predicted molar refractivity (Wildman–Crippen MR) is 75.3 cm³/mol. The largest absolute Gasteiger partial charge is 0.481 e. The van der Waals surface area contributed by atoms with Crippen molar-refractivity contribution < 1.29 is 19.8 Å². The highest BCUT2D eigenvalue weighted by atomic mass is 79.9. The van der Waals surface area contributed by atoms with Crippen molar-refractivity contribution in [3.05, 3.63) is 0 Å². The summed E-state index contributed by atoms with van der Waals surface area (Å²) < 4.78 is 0. The summed E-state index contributed by atoms with van der Waals surface area (Å²) in [7, 11) is 0. The van der Waals surface area contributed by atoms with Crippen molar-refractivity contribution in [2.24, 2.45) is 5.92 Å². The first kappa shape index (κ1) is 19.7. The van der Waals surface area contributed by atoms with Crippen LogP contribution in [-0.2, 0) is 9.59 Å². The van der Waals surface area contributed by atoms with Crippen molar-refractivity contribution in [1.82, 2.24) is 4.90 Å². The SMILES string of the molecule is Br.CCCN(CCC)[C@H](C(=O)O)[C@H](CC)C(=O)O. The van der Waals surface area contributed by atoms with Crippen LogP contribution in [0, 0.1) is 5.92 Å². The highest BCUT2D eigenvalue weighted by Gasteiger charge is 2.36. The quantitative estimate of drug-likeness (QED) is 0.679. The third-order valence-corrected chi connectivity index (χ3v) is 2.81. The molecule has 0 aromatic heterocycles. The van der Waals surface area contributed by atoms with E-state index in [0.717, 1.165) is 12.8 Å². The van der Waals surface area contributed by atoms with E-state index in [1.54, 1.807) is 11.8 Å². The van der Waals surface area contributed by atoms with E-state index in [1.165, 1.54) is 0 Å². The molecule has 0 spiro atoms. The van der Waals surface area contributed by atoms with Crippen LogP contribution in [0.15, 0.2) is 0 Å². The van der Waals surface area contributed by atoms with Gasteiger partial charge in [0.25, 0.3) is 0 Å². The lowest BCUT2D eigenvalue weighted by atomic mass is 9.95. The number of carbonyl (C=O) groups is 2. The fourth-order valence-corrected chi connectivity index (χ4v) is 2.08. The average Bonchev–Trinajstić information content (AvgIpc) is 2.24. The van der Waals surface area contributed by atoms with Gasteiger partial charge in [-0.05, 0) is 32.4 Å². The van der Waals surface area contributed by atoms with Crippen LogP contribution in [0.4, 0.5) is 0 Å². The van der Waals surface area contributed by atoms with Gasteiger partial charge in [0, 0.05) is 0 Å². The summed E-state index contributed by atoms with van der Waals surface area (Å²) in [6.07, 6.45) is 1.97. The third-order valence-electron chi connectivity index (χ3n) is 2.81. The van der Waals surface area contributed by atoms with Crippen molar-refractivity contribution in [3.63, 3.8) is 0 Å². The molecule has 0 radical (unpaired) electrons. The van der Waals surface area contributed by atoms with Crippen molar-refractivity contribution >= 4 is 28.9 Å². The Labute approximate surface area is 119 Å². The topological polar surface area (TPSA) is 77.8 Å². The number of halogens is 1. The molecule has 108 valence electrons. The Bertz CT molecular complexity index is 254. The van der Waals surface area contributed by atoms with E-state index in [-0.39, 0.29) is 17.0 Å². The van der Waals surface area contributed by atoms with Gasteiger partial charge in [-0.25, -0.2) is 0 Å². The number of carboxylic acids is 2. The van der Waals surface area contributed by atoms with Gasteiger partial charge in [-0.2, -0.15) is 0 Å². The van der Waals surface area contributed by atoms with Crippen LogP contribution < -0.4 is 0 Å². The number of hydrogen-bond acceptors (Lipinski definition) is 3. The van der Waals surface area contributed by atoms with Gasteiger partial charge in [-0.3, -0.25) is 14.5 Å². The Morgan fingerprint density at radius 1 is 1.00 bits per heavy atom. The smallest absolute Gasteiger partial charge is 0.321 e. The molecule has 0 aromatic carbocycles. The summed E-state index contributed by atoms with van der Waals surface area (Å²) in [4.78, 5) is 24.2. The van der Waals surface area contributed by atoms with Crippen molar-refractivity contribution in [1.29, 1.82) is 0 Å². The number of hydrogen-bond donors (Lipinski definition) is 2. The standard InChI is InChI=1S/C12H23NO4.BrH/c1-4-7-13(8-5-2)10(12(16)17)9(6-3)11(14)15;/h9-10H,4-8H2,1-3H3,(H,14,15)(H,16,17);1H/t9-,10-;/m0./s1. The minimum absolute atomic E-state index is 0. The first-order valence-corrected chi connectivity index (χ1v) is 6.19. The van der Waals surface area contributed by atoms with E-state index < -0.39 is 23.9 Å². The highest BCUT2D eigenvalue weighted by molar-refractivity contribution is 8.93. The summed E-state index contributed by atoms with van der Waals surface area (Å²) in [5.74, 6) is -2.91. The van der Waals surface area contributed by atoms with E-state index in [1.807, 2.05) is 13.8 Å². The molecule has 2 N–H and O–H groups in total. The minimum atomic E-state index is -1.04. The zero-order valence-electron chi connectivity index (χ0n) is 11.3. The van der Waals surface area contributed by atoms with Crippen LogP contribution in [0.5, 0.6) is 0 Å². The molecule has 0 bridgehead atoms. The second-order valence-corrected chi connectivity index (χ2v) is 4.17. The Hall–Kier alpha value is -0.620. The molecule has 5 nitrogen and oxygen atoms in total. The van der Waals surface area contributed by atoms with E-state index in [2.05, 4.69) is 0 Å². The molecule has 0 heterocycles. The summed E-state index contributed by atoms with van der Waals surface area (Å²) in [5.41, 5.74) is 0. The van der Waals surface area contributed by atoms with Gasteiger partial charge in [0.2, 0.25) is 0 Å². The minimum Gasteiger partial charge on any atom is -0.481 e. The van der Waals surface area contributed by atoms with Crippen molar-refractivity contribution in [3.8, 4) is 0 Å². The lowest BCUT2D eigenvalue weighted by molar-refractivity contribution is -0.155. The van der Waals surface area contributed by atoms with Crippen LogP contribution in [0.2, 0.25) is 0 Å². The van der Waals surface area contributed by atoms with Gasteiger partial charge in [0.1, 0.15) is 6.04 Å². The molecule has 0 amide bonds. The van der Waals surface area contributed by atoms with Gasteiger partial charge in [-0.1, -0.05) is 20.8 Å². The summed E-state index contributed by atoms with van der Waals surface area (Å²) >= 11 is 0. The Morgan fingerprint density at radius 3 is 1.67 bits per heavy atom. The maximum absolute atomic E-state index is 11.3. The number of aliphatic carboxylic acids is 2. The summed E-state index contributed by atoms with van der Waals surface area (Å²) in [6.45, 7) is 6.88. The summed E-state index contributed by atoms with van der Waals surface area (Å²) in [6, 6.07) is -0.919. The molecule has 0 saturated heterocycles. The first-order chi connectivity index (χ1) is 7.99. The zero-order chi connectivity index (χ0) is 13.4. The lowest BCUT2D eigenvalue weighted by Gasteiger charge is -2.31. The monoisotopic (exact) mass is 325 g/mol. The normalized spacial score (nSPS) is 13.8. The second-order valence-electron chi connectivity index (χ2n) is 4.17. The van der Waals surface area contributed by atoms with Gasteiger partial charge >= 0.3 is 11.9 Å². The molecule has 6 heteroatoms. The molecule has 0 aliphatic heterocycles. The molecule has 0 fully saturated rings. The Morgan fingerprint density at radius 2 is 1.44 bits per heavy atom. The molecule has 0 rings (SSSR count). The predicted octanol–water partition coefficient (Wildman–Crippen LogP) is 2.25. The zero-order valence-corrected chi connectivity index (χ0v) is 13.0. The third kappa shape index (κ3) is 5.82. The van der Waals surface area contributed by atoms with Crippen molar-refractivity contribution in [2.75, 3.05) is 13.1 Å². The second kappa shape index (κ2) is 10.3. The van der Waals surface area contributed by atoms with Crippen LogP contribution in [-0.4, -0.2) is 46.2 Å². The fraction of sp³-hybridized carbons (Fsp3) is 0.833. The van der Waals surface area contributed by atoms with Gasteiger partial charge in [0.05, 0.1) is 5.92 Å². The van der Waals surface area contributed by atoms with Crippen LogP contribution in [0.25, 0.3) is 0 Å². The van der Waals surface area contributed by atoms with E-state index in [4.69, 9.17) is 5.11 Å². The van der Waals surface area contributed by atoms with Crippen LogP contribution in [0.3, 0.4) is 0 Å². The molecule has 0 saturated carbocycles. The lowest BCUT2D eigenvalue weighted by Crippen LogP contribution is -2.49. The Balaban J connectivity index is 0. The average molecular weight is 326 g/mol. The molecular formula is C12H24BrNO4. The maximum atomic E-state index is 11.3. The molecule has 18 heavy (non-hydrogen) atoms. The number of rotatable bonds is 9. The molecule has 0 aliphatic carbocycles. The van der Waals surface area contributed by atoms with Crippen LogP contribution in [0.1, 0.15) is 40.0 Å².